The Labute approximate surface area is 115 Å². The van der Waals surface area contributed by atoms with Crippen molar-refractivity contribution >= 4 is 16.2 Å². The molecule has 0 saturated carbocycles. The van der Waals surface area contributed by atoms with Crippen molar-refractivity contribution in [2.75, 3.05) is 33.9 Å². The summed E-state index contributed by atoms with van der Waals surface area (Å²) >= 11 is 0. The zero-order valence-electron chi connectivity index (χ0n) is 12.0. The minimum Gasteiger partial charge on any atom is -0.469 e. The molecule has 8 heteroatoms. The van der Waals surface area contributed by atoms with Crippen LogP contribution in [0.4, 0.5) is 0 Å². The van der Waals surface area contributed by atoms with Gasteiger partial charge in [0.1, 0.15) is 0 Å². The smallest absolute Gasteiger partial charge is 0.306 e. The molecule has 0 saturated heterocycles. The van der Waals surface area contributed by atoms with Gasteiger partial charge in [0.25, 0.3) is 10.2 Å². The number of carbonyl (C=O) groups excluding carboxylic acids is 1. The maximum atomic E-state index is 12.3. The lowest BCUT2D eigenvalue weighted by atomic mass is 10.3. The van der Waals surface area contributed by atoms with Gasteiger partial charge in [-0.2, -0.15) is 17.0 Å². The summed E-state index contributed by atoms with van der Waals surface area (Å²) in [7, 11) is -0.943. The molecule has 0 bridgehead atoms. The summed E-state index contributed by atoms with van der Waals surface area (Å²) in [4.78, 5) is 11.0. The molecule has 0 amide bonds. The minimum atomic E-state index is -3.63. The summed E-state index contributed by atoms with van der Waals surface area (Å²) in [6.07, 6.45) is 0.389. The molecule has 0 unspecified atom stereocenters. The van der Waals surface area contributed by atoms with Crippen molar-refractivity contribution < 1.29 is 23.1 Å². The normalized spacial score (nSPS) is 12.4. The number of aliphatic hydroxyl groups is 1. The molecule has 0 spiro atoms. The molecule has 0 aliphatic carbocycles. The Morgan fingerprint density at radius 3 is 2.32 bits per heavy atom. The molecule has 0 fully saturated rings. The first-order valence-electron chi connectivity index (χ1n) is 6.18. The van der Waals surface area contributed by atoms with Gasteiger partial charge in [0.15, 0.2) is 0 Å². The van der Waals surface area contributed by atoms with E-state index in [-0.39, 0.29) is 32.2 Å². The van der Waals surface area contributed by atoms with Crippen LogP contribution in [0.5, 0.6) is 0 Å². The van der Waals surface area contributed by atoms with Crippen molar-refractivity contribution in [2.24, 2.45) is 0 Å². The second kappa shape index (κ2) is 8.47. The van der Waals surface area contributed by atoms with Crippen LogP contribution in [0.15, 0.2) is 0 Å². The van der Waals surface area contributed by atoms with Gasteiger partial charge in [0.05, 0.1) is 13.5 Å². The van der Waals surface area contributed by atoms with Crippen molar-refractivity contribution in [3.05, 3.63) is 0 Å². The van der Waals surface area contributed by atoms with E-state index in [1.54, 1.807) is 13.8 Å². The topological polar surface area (TPSA) is 87.2 Å². The second-order valence-electron chi connectivity index (χ2n) is 4.44. The molecule has 1 N–H and O–H groups in total. The third-order valence-corrected chi connectivity index (χ3v) is 4.83. The highest BCUT2D eigenvalue weighted by atomic mass is 32.2. The van der Waals surface area contributed by atoms with Crippen molar-refractivity contribution in [1.82, 2.24) is 8.61 Å². The van der Waals surface area contributed by atoms with Crippen molar-refractivity contribution in [3.8, 4) is 0 Å². The van der Waals surface area contributed by atoms with Gasteiger partial charge >= 0.3 is 5.97 Å². The average molecular weight is 296 g/mol. The summed E-state index contributed by atoms with van der Waals surface area (Å²) < 4.78 is 31.5. The zero-order chi connectivity index (χ0) is 15.1. The Morgan fingerprint density at radius 1 is 1.32 bits per heavy atom. The Morgan fingerprint density at radius 2 is 1.89 bits per heavy atom. The zero-order valence-corrected chi connectivity index (χ0v) is 12.8. The number of carbonyl (C=O) groups is 1. The molecule has 0 rings (SSSR count). The largest absolute Gasteiger partial charge is 0.469 e. The molecule has 0 aromatic rings. The first-order chi connectivity index (χ1) is 8.77. The Hall–Kier alpha value is -0.700. The van der Waals surface area contributed by atoms with Crippen molar-refractivity contribution in [2.45, 2.75) is 32.7 Å². The van der Waals surface area contributed by atoms with Gasteiger partial charge in [0.2, 0.25) is 0 Å². The van der Waals surface area contributed by atoms with E-state index in [1.807, 2.05) is 0 Å². The quantitative estimate of drug-likeness (QED) is 0.596. The van der Waals surface area contributed by atoms with Gasteiger partial charge in [-0.25, -0.2) is 0 Å². The molecular weight excluding hydrogens is 272 g/mol. The van der Waals surface area contributed by atoms with E-state index in [1.165, 1.54) is 18.5 Å². The number of nitrogens with zero attached hydrogens (tertiary/aromatic N) is 2. The minimum absolute atomic E-state index is 0.0121. The highest BCUT2D eigenvalue weighted by Gasteiger charge is 2.28. The number of esters is 1. The molecular formula is C11H24N2O5S. The van der Waals surface area contributed by atoms with E-state index in [9.17, 15) is 13.2 Å². The van der Waals surface area contributed by atoms with Crippen LogP contribution < -0.4 is 0 Å². The number of methoxy groups -OCH3 is 1. The van der Waals surface area contributed by atoms with Gasteiger partial charge in [-0.15, -0.1) is 0 Å². The van der Waals surface area contributed by atoms with Crippen LogP contribution in [0.25, 0.3) is 0 Å². The summed E-state index contributed by atoms with van der Waals surface area (Å²) in [6.45, 7) is 3.78. The molecule has 0 radical (unpaired) electrons. The molecule has 0 heterocycles. The van der Waals surface area contributed by atoms with E-state index in [0.717, 1.165) is 4.31 Å². The summed E-state index contributed by atoms with van der Waals surface area (Å²) in [6, 6.07) is -0.211. The predicted molar refractivity (Wildman–Crippen MR) is 71.7 cm³/mol. The number of hydrogen-bond donors (Lipinski definition) is 1. The van der Waals surface area contributed by atoms with Gasteiger partial charge in [-0.05, 0) is 20.3 Å². The van der Waals surface area contributed by atoms with Crippen LogP contribution in [0.3, 0.4) is 0 Å². The standard InChI is InChI=1S/C11H24N2O5S/c1-10(2)13(7-5-9-14)19(16,17)12(3)8-6-11(15)18-4/h10,14H,5-9H2,1-4H3. The van der Waals surface area contributed by atoms with Crippen molar-refractivity contribution in [1.29, 1.82) is 0 Å². The second-order valence-corrected chi connectivity index (χ2v) is 6.43. The molecule has 7 nitrogen and oxygen atoms in total. The molecule has 19 heavy (non-hydrogen) atoms. The number of hydrogen-bond acceptors (Lipinski definition) is 5. The van der Waals surface area contributed by atoms with Crippen LogP contribution >= 0.6 is 0 Å². The average Bonchev–Trinajstić information content (AvgIpc) is 2.34. The first-order valence-corrected chi connectivity index (χ1v) is 7.57. The number of aliphatic hydroxyl groups excluding tert-OH is 1. The lowest BCUT2D eigenvalue weighted by molar-refractivity contribution is -0.140. The Kier molecular flexibility index (Phi) is 8.15. The van der Waals surface area contributed by atoms with Gasteiger partial charge in [-0.3, -0.25) is 4.79 Å². The van der Waals surface area contributed by atoms with Crippen LogP contribution in [0.2, 0.25) is 0 Å². The molecule has 0 aliphatic rings. The molecule has 0 aromatic carbocycles. The molecule has 114 valence electrons. The maximum absolute atomic E-state index is 12.3. The molecule has 0 aromatic heterocycles. The number of rotatable bonds is 9. The van der Waals surface area contributed by atoms with Gasteiger partial charge in [0, 0.05) is 32.8 Å². The monoisotopic (exact) mass is 296 g/mol. The fourth-order valence-corrected chi connectivity index (χ4v) is 3.08. The van der Waals surface area contributed by atoms with Crippen LogP contribution in [-0.4, -0.2) is 68.0 Å². The lowest BCUT2D eigenvalue weighted by Gasteiger charge is -2.30. The van der Waals surface area contributed by atoms with E-state index in [2.05, 4.69) is 4.74 Å². The van der Waals surface area contributed by atoms with Gasteiger partial charge < -0.3 is 9.84 Å². The van der Waals surface area contributed by atoms with Crippen LogP contribution in [0, 0.1) is 0 Å². The fourth-order valence-electron chi connectivity index (χ4n) is 1.51. The third-order valence-electron chi connectivity index (χ3n) is 2.66. The molecule has 0 atom stereocenters. The van der Waals surface area contributed by atoms with E-state index in [0.29, 0.717) is 6.42 Å². The van der Waals surface area contributed by atoms with Gasteiger partial charge in [-0.1, -0.05) is 0 Å². The lowest BCUT2D eigenvalue weighted by Crippen LogP contribution is -2.46. The summed E-state index contributed by atoms with van der Waals surface area (Å²) in [5, 5.41) is 8.81. The highest BCUT2D eigenvalue weighted by molar-refractivity contribution is 7.86. The summed E-state index contributed by atoms with van der Waals surface area (Å²) in [5.41, 5.74) is 0. The number of ether oxygens (including phenoxy) is 1. The predicted octanol–water partition coefficient (Wildman–Crippen LogP) is -0.181. The maximum Gasteiger partial charge on any atom is 0.306 e. The van der Waals surface area contributed by atoms with E-state index in [4.69, 9.17) is 5.11 Å². The van der Waals surface area contributed by atoms with E-state index < -0.39 is 16.2 Å². The summed E-state index contributed by atoms with van der Waals surface area (Å²) in [5.74, 6) is -0.450. The van der Waals surface area contributed by atoms with E-state index >= 15 is 0 Å². The van der Waals surface area contributed by atoms with Crippen LogP contribution in [-0.2, 0) is 19.7 Å². The Bertz CT molecular complexity index is 369. The molecule has 0 aliphatic heterocycles. The van der Waals surface area contributed by atoms with Crippen LogP contribution in [0.1, 0.15) is 26.7 Å². The fraction of sp³-hybridized carbons (Fsp3) is 0.909. The first kappa shape index (κ1) is 18.3. The SMILES string of the molecule is COC(=O)CCN(C)S(=O)(=O)N(CCCO)C(C)C. The Balaban J connectivity index is 4.74. The van der Waals surface area contributed by atoms with Crippen molar-refractivity contribution in [3.63, 3.8) is 0 Å². The third kappa shape index (κ3) is 5.85. The highest BCUT2D eigenvalue weighted by Crippen LogP contribution is 2.12.